The van der Waals surface area contributed by atoms with Crippen molar-refractivity contribution in [3.8, 4) is 5.75 Å². The summed E-state index contributed by atoms with van der Waals surface area (Å²) in [6, 6.07) is 6.61. The van der Waals surface area contributed by atoms with E-state index in [1.165, 1.54) is 0 Å². The van der Waals surface area contributed by atoms with Crippen LogP contribution in [0.25, 0.3) is 0 Å². The third kappa shape index (κ3) is 4.51. The standard InChI is InChI=1S/C13H14O4/c1-2-9-17-11-5-3-10(4-6-11)12(14)7-8-13(15)16/h2-6H,1,7-9H2,(H,15,16). The fourth-order valence-corrected chi connectivity index (χ4v) is 1.26. The van der Waals surface area contributed by atoms with Crippen molar-refractivity contribution in [2.75, 3.05) is 6.61 Å². The van der Waals surface area contributed by atoms with Gasteiger partial charge in [0.05, 0.1) is 6.42 Å². The molecule has 17 heavy (non-hydrogen) atoms. The fourth-order valence-electron chi connectivity index (χ4n) is 1.26. The molecule has 0 amide bonds. The first kappa shape index (κ1) is 13.0. The van der Waals surface area contributed by atoms with E-state index in [0.29, 0.717) is 17.9 Å². The number of carbonyl (C=O) groups is 2. The van der Waals surface area contributed by atoms with E-state index < -0.39 is 5.97 Å². The van der Waals surface area contributed by atoms with Crippen molar-refractivity contribution in [2.45, 2.75) is 12.8 Å². The Hall–Kier alpha value is -2.10. The van der Waals surface area contributed by atoms with Gasteiger partial charge in [-0.15, -0.1) is 0 Å². The van der Waals surface area contributed by atoms with E-state index in [4.69, 9.17) is 9.84 Å². The van der Waals surface area contributed by atoms with Crippen LogP contribution in [0.4, 0.5) is 0 Å². The predicted molar refractivity (Wildman–Crippen MR) is 63.3 cm³/mol. The summed E-state index contributed by atoms with van der Waals surface area (Å²) in [5, 5.41) is 8.47. The first-order chi connectivity index (χ1) is 8.13. The summed E-state index contributed by atoms with van der Waals surface area (Å²) in [4.78, 5) is 21.9. The number of Topliss-reactive ketones (excluding diaryl/α,β-unsaturated/α-hetero) is 1. The van der Waals surface area contributed by atoms with Crippen molar-refractivity contribution in [3.05, 3.63) is 42.5 Å². The lowest BCUT2D eigenvalue weighted by atomic mass is 10.1. The molecule has 4 nitrogen and oxygen atoms in total. The van der Waals surface area contributed by atoms with Crippen molar-refractivity contribution in [1.82, 2.24) is 0 Å². The Morgan fingerprint density at radius 1 is 1.24 bits per heavy atom. The molecule has 0 bridgehead atoms. The molecule has 1 rings (SSSR count). The normalized spacial score (nSPS) is 9.65. The number of carbonyl (C=O) groups excluding carboxylic acids is 1. The molecule has 0 aromatic heterocycles. The summed E-state index contributed by atoms with van der Waals surface area (Å²) in [5.74, 6) is -0.494. The van der Waals surface area contributed by atoms with E-state index in [9.17, 15) is 9.59 Å². The van der Waals surface area contributed by atoms with Gasteiger partial charge in [-0.1, -0.05) is 12.7 Å². The van der Waals surface area contributed by atoms with E-state index in [1.54, 1.807) is 30.3 Å². The molecule has 90 valence electrons. The molecule has 0 aliphatic heterocycles. The lowest BCUT2D eigenvalue weighted by molar-refractivity contribution is -0.136. The summed E-state index contributed by atoms with van der Waals surface area (Å²) < 4.78 is 5.26. The molecule has 0 saturated carbocycles. The lowest BCUT2D eigenvalue weighted by Crippen LogP contribution is -2.03. The maximum absolute atomic E-state index is 11.6. The largest absolute Gasteiger partial charge is 0.490 e. The molecule has 1 aromatic rings. The molecule has 4 heteroatoms. The third-order valence-corrected chi connectivity index (χ3v) is 2.11. The molecule has 0 atom stereocenters. The first-order valence-electron chi connectivity index (χ1n) is 5.22. The second-order valence-electron chi connectivity index (χ2n) is 3.44. The van der Waals surface area contributed by atoms with Crippen LogP contribution in [-0.2, 0) is 4.79 Å². The molecule has 0 unspecified atom stereocenters. The van der Waals surface area contributed by atoms with Crippen molar-refractivity contribution in [3.63, 3.8) is 0 Å². The van der Waals surface area contributed by atoms with E-state index in [-0.39, 0.29) is 18.6 Å². The number of aliphatic carboxylic acids is 1. The van der Waals surface area contributed by atoms with Gasteiger partial charge < -0.3 is 9.84 Å². The van der Waals surface area contributed by atoms with Gasteiger partial charge in [0.15, 0.2) is 5.78 Å². The van der Waals surface area contributed by atoms with E-state index >= 15 is 0 Å². The van der Waals surface area contributed by atoms with Crippen LogP contribution in [0.15, 0.2) is 36.9 Å². The molecular weight excluding hydrogens is 220 g/mol. The van der Waals surface area contributed by atoms with E-state index in [0.717, 1.165) is 0 Å². The summed E-state index contributed by atoms with van der Waals surface area (Å²) in [5.41, 5.74) is 0.497. The predicted octanol–water partition coefficient (Wildman–Crippen LogP) is 2.30. The topological polar surface area (TPSA) is 63.6 Å². The maximum atomic E-state index is 11.6. The first-order valence-corrected chi connectivity index (χ1v) is 5.22. The van der Waals surface area contributed by atoms with Gasteiger partial charge in [0.1, 0.15) is 12.4 Å². The Balaban J connectivity index is 2.57. The van der Waals surface area contributed by atoms with Gasteiger partial charge in [0.2, 0.25) is 0 Å². The van der Waals surface area contributed by atoms with Crippen molar-refractivity contribution in [1.29, 1.82) is 0 Å². The number of benzene rings is 1. The summed E-state index contributed by atoms with van der Waals surface area (Å²) in [6.45, 7) is 3.94. The van der Waals surface area contributed by atoms with Crippen LogP contribution in [0.1, 0.15) is 23.2 Å². The monoisotopic (exact) mass is 234 g/mol. The van der Waals surface area contributed by atoms with Gasteiger partial charge in [0.25, 0.3) is 0 Å². The number of carboxylic acids is 1. The molecule has 1 aromatic carbocycles. The Morgan fingerprint density at radius 3 is 2.41 bits per heavy atom. The molecule has 0 radical (unpaired) electrons. The van der Waals surface area contributed by atoms with Crippen LogP contribution in [0.5, 0.6) is 5.75 Å². The number of hydrogen-bond acceptors (Lipinski definition) is 3. The van der Waals surface area contributed by atoms with Gasteiger partial charge >= 0.3 is 5.97 Å². The molecule has 1 N–H and O–H groups in total. The molecule has 0 fully saturated rings. The zero-order valence-electron chi connectivity index (χ0n) is 9.39. The molecular formula is C13H14O4. The Bertz CT molecular complexity index is 406. The Labute approximate surface area is 99.5 Å². The van der Waals surface area contributed by atoms with Crippen LogP contribution in [-0.4, -0.2) is 23.5 Å². The van der Waals surface area contributed by atoms with Crippen molar-refractivity contribution in [2.24, 2.45) is 0 Å². The summed E-state index contributed by atoms with van der Waals surface area (Å²) >= 11 is 0. The van der Waals surface area contributed by atoms with Crippen LogP contribution < -0.4 is 4.74 Å². The van der Waals surface area contributed by atoms with Crippen LogP contribution in [0.3, 0.4) is 0 Å². The third-order valence-electron chi connectivity index (χ3n) is 2.11. The van der Waals surface area contributed by atoms with Crippen LogP contribution >= 0.6 is 0 Å². The molecule has 0 aliphatic rings. The van der Waals surface area contributed by atoms with Crippen molar-refractivity contribution >= 4 is 11.8 Å². The quantitative estimate of drug-likeness (QED) is 0.580. The average Bonchev–Trinajstić information content (AvgIpc) is 2.34. The summed E-state index contributed by atoms with van der Waals surface area (Å²) in [7, 11) is 0. The second kappa shape index (κ2) is 6.48. The number of carboxylic acid groups (broad SMARTS) is 1. The molecule has 0 saturated heterocycles. The van der Waals surface area contributed by atoms with Gasteiger partial charge in [-0.2, -0.15) is 0 Å². The Kier molecular flexibility index (Phi) is 4.94. The average molecular weight is 234 g/mol. The molecule has 0 heterocycles. The minimum Gasteiger partial charge on any atom is -0.490 e. The Morgan fingerprint density at radius 2 is 1.88 bits per heavy atom. The minimum absolute atomic E-state index is 0.0161. The zero-order valence-corrected chi connectivity index (χ0v) is 9.39. The smallest absolute Gasteiger partial charge is 0.303 e. The van der Waals surface area contributed by atoms with Gasteiger partial charge in [-0.05, 0) is 24.3 Å². The highest BCUT2D eigenvalue weighted by molar-refractivity contribution is 5.97. The molecule has 0 aliphatic carbocycles. The van der Waals surface area contributed by atoms with Crippen LogP contribution in [0, 0.1) is 0 Å². The number of ketones is 1. The van der Waals surface area contributed by atoms with Crippen LogP contribution in [0.2, 0.25) is 0 Å². The number of ether oxygens (including phenoxy) is 1. The highest BCUT2D eigenvalue weighted by atomic mass is 16.5. The van der Waals surface area contributed by atoms with Gasteiger partial charge in [0, 0.05) is 12.0 Å². The highest BCUT2D eigenvalue weighted by Gasteiger charge is 2.08. The molecule has 0 spiro atoms. The second-order valence-corrected chi connectivity index (χ2v) is 3.44. The lowest BCUT2D eigenvalue weighted by Gasteiger charge is -2.04. The number of hydrogen-bond donors (Lipinski definition) is 1. The van der Waals surface area contributed by atoms with Gasteiger partial charge in [-0.25, -0.2) is 0 Å². The van der Waals surface area contributed by atoms with E-state index in [1.807, 2.05) is 0 Å². The fraction of sp³-hybridized carbons (Fsp3) is 0.231. The van der Waals surface area contributed by atoms with E-state index in [2.05, 4.69) is 6.58 Å². The highest BCUT2D eigenvalue weighted by Crippen LogP contribution is 2.14. The zero-order chi connectivity index (χ0) is 12.7. The maximum Gasteiger partial charge on any atom is 0.303 e. The SMILES string of the molecule is C=CCOc1ccc(C(=O)CCC(=O)O)cc1. The summed E-state index contributed by atoms with van der Waals surface area (Å²) in [6.07, 6.45) is 1.50. The van der Waals surface area contributed by atoms with Crippen molar-refractivity contribution < 1.29 is 19.4 Å². The van der Waals surface area contributed by atoms with Gasteiger partial charge in [-0.3, -0.25) is 9.59 Å². The minimum atomic E-state index is -0.968. The number of rotatable bonds is 7.